The van der Waals surface area contributed by atoms with E-state index in [1.807, 2.05) is 0 Å². The van der Waals surface area contributed by atoms with Gasteiger partial charge in [0.15, 0.2) is 0 Å². The molecule has 0 aromatic heterocycles. The van der Waals surface area contributed by atoms with Gasteiger partial charge in [-0.05, 0) is 30.6 Å². The second kappa shape index (κ2) is 4.72. The fourth-order valence-corrected chi connectivity index (χ4v) is 3.11. The predicted molar refractivity (Wildman–Crippen MR) is 62.6 cm³/mol. The van der Waals surface area contributed by atoms with Crippen LogP contribution in [0.4, 0.5) is 0 Å². The van der Waals surface area contributed by atoms with Gasteiger partial charge in [0.2, 0.25) is 0 Å². The van der Waals surface area contributed by atoms with E-state index >= 15 is 0 Å². The zero-order valence-corrected chi connectivity index (χ0v) is 9.54. The Bertz CT molecular complexity index is 160. The first-order valence-corrected chi connectivity index (χ1v) is 6.51. The molecule has 1 heteroatoms. The Labute approximate surface area is 90.3 Å². The lowest BCUT2D eigenvalue weighted by molar-refractivity contribution is 0.430. The molecule has 14 heavy (non-hydrogen) atoms. The smallest absolute Gasteiger partial charge is 0.0699 e. The summed E-state index contributed by atoms with van der Waals surface area (Å²) >= 11 is 0. The molecule has 4 atom stereocenters. The molecular formula is C13H23B. The molecule has 0 saturated heterocycles. The molecule has 0 N–H and O–H groups in total. The molecule has 2 saturated carbocycles. The fourth-order valence-electron chi connectivity index (χ4n) is 3.11. The van der Waals surface area contributed by atoms with Gasteiger partial charge >= 0.3 is 0 Å². The van der Waals surface area contributed by atoms with Crippen LogP contribution in [0, 0.1) is 17.8 Å². The maximum absolute atomic E-state index is 6.13. The predicted octanol–water partition coefficient (Wildman–Crippen LogP) is 3.96. The van der Waals surface area contributed by atoms with Gasteiger partial charge in [-0.1, -0.05) is 51.3 Å². The van der Waals surface area contributed by atoms with E-state index in [-0.39, 0.29) is 0 Å². The van der Waals surface area contributed by atoms with E-state index in [9.17, 15) is 0 Å². The normalized spacial score (nSPS) is 44.9. The molecule has 2 radical (unpaired) electrons. The van der Waals surface area contributed by atoms with Crippen molar-refractivity contribution in [2.75, 3.05) is 0 Å². The monoisotopic (exact) mass is 190 g/mol. The van der Waals surface area contributed by atoms with Crippen LogP contribution in [0.3, 0.4) is 0 Å². The van der Waals surface area contributed by atoms with Crippen LogP contribution < -0.4 is 0 Å². The van der Waals surface area contributed by atoms with Crippen LogP contribution in [0.5, 0.6) is 0 Å². The Balaban J connectivity index is 1.82. The lowest BCUT2D eigenvalue weighted by atomic mass is 9.79. The minimum atomic E-state index is 0.512. The molecule has 0 amide bonds. The lowest BCUT2D eigenvalue weighted by Crippen LogP contribution is -1.97. The molecule has 0 aliphatic heterocycles. The van der Waals surface area contributed by atoms with Crippen molar-refractivity contribution < 1.29 is 0 Å². The van der Waals surface area contributed by atoms with Gasteiger partial charge < -0.3 is 0 Å². The summed E-state index contributed by atoms with van der Waals surface area (Å²) in [6.07, 6.45) is 11.2. The molecule has 78 valence electrons. The largest absolute Gasteiger partial charge is 0.0771 e. The third kappa shape index (κ3) is 3.03. The van der Waals surface area contributed by atoms with Gasteiger partial charge in [0.1, 0.15) is 0 Å². The summed E-state index contributed by atoms with van der Waals surface area (Å²) in [5.74, 6) is 3.54. The molecule has 2 aliphatic carbocycles. The molecule has 0 heterocycles. The fraction of sp³-hybridized carbons (Fsp3) is 1.00. The average Bonchev–Trinajstić information content (AvgIpc) is 2.81. The van der Waals surface area contributed by atoms with Crippen molar-refractivity contribution in [3.8, 4) is 0 Å². The number of hydrogen-bond donors (Lipinski definition) is 0. The van der Waals surface area contributed by atoms with Crippen LogP contribution in [-0.4, -0.2) is 7.85 Å². The second-order valence-corrected chi connectivity index (χ2v) is 5.73. The van der Waals surface area contributed by atoms with Gasteiger partial charge in [0, 0.05) is 0 Å². The van der Waals surface area contributed by atoms with Gasteiger partial charge in [-0.25, -0.2) is 0 Å². The van der Waals surface area contributed by atoms with E-state index in [0.717, 1.165) is 17.8 Å². The Hall–Kier alpha value is 0.0649. The van der Waals surface area contributed by atoms with Gasteiger partial charge in [0.05, 0.1) is 7.85 Å². The first-order valence-electron chi connectivity index (χ1n) is 6.51. The summed E-state index contributed by atoms with van der Waals surface area (Å²) in [5.41, 5.74) is 0. The van der Waals surface area contributed by atoms with Gasteiger partial charge in [0.25, 0.3) is 0 Å². The van der Waals surface area contributed by atoms with Crippen molar-refractivity contribution in [2.24, 2.45) is 17.8 Å². The average molecular weight is 190 g/mol. The molecule has 0 aromatic rings. The standard InChI is InChI=1S/C13H23B/c1-10-5-3-2-4-6-13(14)9-12-8-11(12)7-10/h10-13H,2-9H2,1H3. The van der Waals surface area contributed by atoms with Crippen LogP contribution >= 0.6 is 0 Å². The number of fused-ring (bicyclic) bond motifs is 1. The highest BCUT2D eigenvalue weighted by atomic mass is 14.4. The first-order chi connectivity index (χ1) is 6.75. The van der Waals surface area contributed by atoms with E-state index in [1.54, 1.807) is 0 Å². The summed E-state index contributed by atoms with van der Waals surface area (Å²) in [4.78, 5) is 0. The summed E-state index contributed by atoms with van der Waals surface area (Å²) in [6, 6.07) is 0. The molecule has 0 nitrogen and oxygen atoms in total. The maximum atomic E-state index is 6.13. The third-order valence-corrected chi connectivity index (χ3v) is 4.15. The highest BCUT2D eigenvalue weighted by Gasteiger charge is 2.37. The summed E-state index contributed by atoms with van der Waals surface area (Å²) in [6.45, 7) is 2.44. The van der Waals surface area contributed by atoms with Crippen molar-refractivity contribution in [1.82, 2.24) is 0 Å². The minimum Gasteiger partial charge on any atom is -0.0771 e. The van der Waals surface area contributed by atoms with Crippen LogP contribution in [0.15, 0.2) is 0 Å². The zero-order chi connectivity index (χ0) is 9.97. The summed E-state index contributed by atoms with van der Waals surface area (Å²) < 4.78 is 0. The summed E-state index contributed by atoms with van der Waals surface area (Å²) in [5, 5.41) is 0. The van der Waals surface area contributed by atoms with Gasteiger partial charge in [-0.15, -0.1) is 0 Å². The van der Waals surface area contributed by atoms with E-state index in [4.69, 9.17) is 7.85 Å². The summed E-state index contributed by atoms with van der Waals surface area (Å²) in [7, 11) is 6.13. The molecule has 0 spiro atoms. The van der Waals surface area contributed by atoms with Crippen molar-refractivity contribution in [3.63, 3.8) is 0 Å². The Kier molecular flexibility index (Phi) is 3.57. The minimum absolute atomic E-state index is 0.512. The van der Waals surface area contributed by atoms with Crippen molar-refractivity contribution >= 4 is 7.85 Å². The zero-order valence-electron chi connectivity index (χ0n) is 9.54. The lowest BCUT2D eigenvalue weighted by Gasteiger charge is -2.09. The van der Waals surface area contributed by atoms with E-state index < -0.39 is 0 Å². The van der Waals surface area contributed by atoms with Crippen molar-refractivity contribution in [1.29, 1.82) is 0 Å². The van der Waals surface area contributed by atoms with E-state index in [1.165, 1.54) is 51.4 Å². The molecule has 2 fully saturated rings. The van der Waals surface area contributed by atoms with Gasteiger partial charge in [-0.3, -0.25) is 0 Å². The van der Waals surface area contributed by atoms with Crippen LogP contribution in [-0.2, 0) is 0 Å². The van der Waals surface area contributed by atoms with E-state index in [2.05, 4.69) is 6.92 Å². The van der Waals surface area contributed by atoms with Crippen molar-refractivity contribution in [3.05, 3.63) is 0 Å². The Morgan fingerprint density at radius 1 is 0.857 bits per heavy atom. The second-order valence-electron chi connectivity index (χ2n) is 5.73. The molecule has 0 bridgehead atoms. The highest BCUT2D eigenvalue weighted by Crippen LogP contribution is 2.49. The molecule has 4 unspecified atom stereocenters. The Morgan fingerprint density at radius 3 is 2.43 bits per heavy atom. The van der Waals surface area contributed by atoms with Gasteiger partial charge in [-0.2, -0.15) is 0 Å². The Morgan fingerprint density at radius 2 is 1.57 bits per heavy atom. The topological polar surface area (TPSA) is 0 Å². The SMILES string of the molecule is [B]C1CCCCCC(C)CC2CC2C1. The van der Waals surface area contributed by atoms with E-state index in [0.29, 0.717) is 5.82 Å². The molecule has 2 aliphatic rings. The van der Waals surface area contributed by atoms with Crippen LogP contribution in [0.2, 0.25) is 5.82 Å². The molecular weight excluding hydrogens is 167 g/mol. The molecule has 2 rings (SSSR count). The molecule has 0 aromatic carbocycles. The third-order valence-electron chi connectivity index (χ3n) is 4.15. The number of rotatable bonds is 0. The maximum Gasteiger partial charge on any atom is 0.0699 e. The van der Waals surface area contributed by atoms with Crippen molar-refractivity contribution in [2.45, 2.75) is 64.1 Å². The van der Waals surface area contributed by atoms with Crippen LogP contribution in [0.25, 0.3) is 0 Å². The highest BCUT2D eigenvalue weighted by molar-refractivity contribution is 6.11. The van der Waals surface area contributed by atoms with Crippen LogP contribution in [0.1, 0.15) is 58.3 Å². The first kappa shape index (κ1) is 10.6. The quantitative estimate of drug-likeness (QED) is 0.507. The number of hydrogen-bond acceptors (Lipinski definition) is 0.